The monoisotopic (exact) mass is 240 g/mol. The van der Waals surface area contributed by atoms with Gasteiger partial charge in [0.15, 0.2) is 14.9 Å². The van der Waals surface area contributed by atoms with E-state index in [-0.39, 0.29) is 10.3 Å². The predicted molar refractivity (Wildman–Crippen MR) is 62.1 cm³/mol. The number of nitrogens with one attached hydrogen (secondary N) is 1. The van der Waals surface area contributed by atoms with Crippen LogP contribution in [-0.2, 0) is 9.84 Å². The summed E-state index contributed by atoms with van der Waals surface area (Å²) in [7, 11) is -3.25. The summed E-state index contributed by atoms with van der Waals surface area (Å²) in [6, 6.07) is 3.38. The third kappa shape index (κ3) is 2.25. The Hall–Kier alpha value is -0.940. The van der Waals surface area contributed by atoms with Crippen LogP contribution in [0.15, 0.2) is 23.4 Å². The third-order valence-corrected chi connectivity index (χ3v) is 4.97. The lowest BCUT2D eigenvalue weighted by Gasteiger charge is -2.22. The Labute approximate surface area is 96.0 Å². The van der Waals surface area contributed by atoms with Crippen LogP contribution in [0.1, 0.15) is 18.4 Å². The Bertz CT molecular complexity index is 447. The number of rotatable bonds is 2. The topological polar surface area (TPSA) is 59.1 Å². The van der Waals surface area contributed by atoms with E-state index in [4.69, 9.17) is 0 Å². The molecule has 0 bridgehead atoms. The Morgan fingerprint density at radius 3 is 2.81 bits per heavy atom. The number of hydrogen-bond acceptors (Lipinski definition) is 4. The number of piperidine rings is 1. The minimum absolute atomic E-state index is 0.201. The number of sulfone groups is 1. The van der Waals surface area contributed by atoms with Gasteiger partial charge in [-0.1, -0.05) is 6.07 Å². The molecule has 5 heteroatoms. The van der Waals surface area contributed by atoms with E-state index >= 15 is 0 Å². The van der Waals surface area contributed by atoms with Crippen molar-refractivity contribution in [1.29, 1.82) is 0 Å². The van der Waals surface area contributed by atoms with Crippen LogP contribution in [-0.4, -0.2) is 31.7 Å². The van der Waals surface area contributed by atoms with Gasteiger partial charge in [-0.05, 0) is 37.9 Å². The molecule has 0 unspecified atom stereocenters. The van der Waals surface area contributed by atoms with Crippen molar-refractivity contribution in [3.8, 4) is 0 Å². The van der Waals surface area contributed by atoms with E-state index in [1.807, 2.05) is 6.92 Å². The second-order valence-corrected chi connectivity index (χ2v) is 6.36. The summed E-state index contributed by atoms with van der Waals surface area (Å²) >= 11 is 0. The Kier molecular flexibility index (Phi) is 3.25. The van der Waals surface area contributed by atoms with Gasteiger partial charge in [-0.25, -0.2) is 13.4 Å². The number of hydrogen-bond donors (Lipinski definition) is 1. The molecule has 1 aromatic heterocycles. The molecular formula is C11H16N2O2S. The molecule has 2 rings (SSSR count). The fraction of sp³-hybridized carbons (Fsp3) is 0.545. The summed E-state index contributed by atoms with van der Waals surface area (Å²) in [5.41, 5.74) is 0.973. The highest BCUT2D eigenvalue weighted by Gasteiger charge is 2.29. The molecule has 0 spiro atoms. The molecule has 1 aromatic rings. The van der Waals surface area contributed by atoms with E-state index in [1.54, 1.807) is 18.3 Å². The first-order chi connectivity index (χ1) is 7.60. The molecule has 16 heavy (non-hydrogen) atoms. The quantitative estimate of drug-likeness (QED) is 0.835. The summed E-state index contributed by atoms with van der Waals surface area (Å²) < 4.78 is 24.4. The van der Waals surface area contributed by atoms with Crippen LogP contribution in [0.2, 0.25) is 0 Å². The van der Waals surface area contributed by atoms with Crippen molar-refractivity contribution >= 4 is 9.84 Å². The van der Waals surface area contributed by atoms with Crippen LogP contribution in [0.5, 0.6) is 0 Å². The van der Waals surface area contributed by atoms with Gasteiger partial charge < -0.3 is 5.32 Å². The number of pyridine rings is 1. The molecule has 1 atom stereocenters. The minimum Gasteiger partial charge on any atom is -0.315 e. The van der Waals surface area contributed by atoms with Gasteiger partial charge in [-0.2, -0.15) is 0 Å². The van der Waals surface area contributed by atoms with Crippen molar-refractivity contribution in [2.45, 2.75) is 30.0 Å². The number of aromatic nitrogens is 1. The van der Waals surface area contributed by atoms with Crippen molar-refractivity contribution in [3.63, 3.8) is 0 Å². The maximum Gasteiger partial charge on any atom is 0.199 e. The van der Waals surface area contributed by atoms with Gasteiger partial charge in [0.1, 0.15) is 0 Å². The largest absolute Gasteiger partial charge is 0.315 e. The average molecular weight is 240 g/mol. The lowest BCUT2D eigenvalue weighted by molar-refractivity contribution is 0.495. The lowest BCUT2D eigenvalue weighted by atomic mass is 10.2. The summed E-state index contributed by atoms with van der Waals surface area (Å²) in [4.78, 5) is 4.01. The zero-order chi connectivity index (χ0) is 11.6. The van der Waals surface area contributed by atoms with E-state index in [0.29, 0.717) is 6.54 Å². The average Bonchev–Trinajstić information content (AvgIpc) is 2.31. The maximum absolute atomic E-state index is 12.2. The van der Waals surface area contributed by atoms with E-state index in [9.17, 15) is 8.42 Å². The molecule has 4 nitrogen and oxygen atoms in total. The van der Waals surface area contributed by atoms with Gasteiger partial charge >= 0.3 is 0 Å². The molecule has 1 aliphatic rings. The first kappa shape index (κ1) is 11.5. The fourth-order valence-corrected chi connectivity index (χ4v) is 3.49. The highest BCUT2D eigenvalue weighted by Crippen LogP contribution is 2.19. The van der Waals surface area contributed by atoms with Gasteiger partial charge in [0.05, 0.1) is 5.25 Å². The zero-order valence-corrected chi connectivity index (χ0v) is 10.1. The molecule has 1 saturated heterocycles. The van der Waals surface area contributed by atoms with Gasteiger partial charge in [0.25, 0.3) is 0 Å². The van der Waals surface area contributed by atoms with Crippen molar-refractivity contribution in [3.05, 3.63) is 23.9 Å². The normalized spacial score (nSPS) is 21.9. The van der Waals surface area contributed by atoms with Crippen LogP contribution in [0.25, 0.3) is 0 Å². The molecular weight excluding hydrogens is 224 g/mol. The summed E-state index contributed by atoms with van der Waals surface area (Å²) in [6.45, 7) is 3.34. The molecule has 2 heterocycles. The van der Waals surface area contributed by atoms with Crippen molar-refractivity contribution < 1.29 is 8.42 Å². The molecule has 88 valence electrons. The highest BCUT2D eigenvalue weighted by atomic mass is 32.2. The molecule has 1 N–H and O–H groups in total. The van der Waals surface area contributed by atoms with Gasteiger partial charge in [-0.3, -0.25) is 0 Å². The Balaban J connectivity index is 2.27. The van der Waals surface area contributed by atoms with Crippen LogP contribution in [0, 0.1) is 6.92 Å². The molecule has 1 aliphatic heterocycles. The van der Waals surface area contributed by atoms with Crippen molar-refractivity contribution in [2.75, 3.05) is 13.1 Å². The smallest absolute Gasteiger partial charge is 0.199 e. The van der Waals surface area contributed by atoms with Crippen LogP contribution >= 0.6 is 0 Å². The Morgan fingerprint density at radius 2 is 2.25 bits per heavy atom. The predicted octanol–water partition coefficient (Wildman–Crippen LogP) is 0.916. The summed E-state index contributed by atoms with van der Waals surface area (Å²) in [6.07, 6.45) is 3.24. The van der Waals surface area contributed by atoms with Crippen LogP contribution in [0.3, 0.4) is 0 Å². The van der Waals surface area contributed by atoms with Crippen molar-refractivity contribution in [2.24, 2.45) is 0 Å². The van der Waals surface area contributed by atoms with E-state index < -0.39 is 9.84 Å². The van der Waals surface area contributed by atoms with Crippen LogP contribution in [0.4, 0.5) is 0 Å². The maximum atomic E-state index is 12.2. The standard InChI is InChI=1S/C11H16N2O2S/c1-9-4-5-11(13-7-9)16(14,15)10-3-2-6-12-8-10/h4-5,7,10,12H,2-3,6,8H2,1H3/t10-/m0/s1. The summed E-state index contributed by atoms with van der Waals surface area (Å²) in [5, 5.41) is 2.99. The fourth-order valence-electron chi connectivity index (χ4n) is 1.88. The van der Waals surface area contributed by atoms with Gasteiger partial charge in [-0.15, -0.1) is 0 Å². The SMILES string of the molecule is Cc1ccc(S(=O)(=O)[C@H]2CCCNC2)nc1. The molecule has 0 aromatic carbocycles. The molecule has 1 fully saturated rings. The molecule has 0 saturated carbocycles. The first-order valence-electron chi connectivity index (χ1n) is 5.48. The summed E-state index contributed by atoms with van der Waals surface area (Å²) in [5.74, 6) is 0. The highest BCUT2D eigenvalue weighted by molar-refractivity contribution is 7.92. The minimum atomic E-state index is -3.25. The van der Waals surface area contributed by atoms with E-state index in [2.05, 4.69) is 10.3 Å². The molecule has 0 amide bonds. The van der Waals surface area contributed by atoms with Crippen LogP contribution < -0.4 is 5.32 Å². The third-order valence-electron chi connectivity index (χ3n) is 2.87. The van der Waals surface area contributed by atoms with E-state index in [0.717, 1.165) is 24.9 Å². The molecule has 0 radical (unpaired) electrons. The van der Waals surface area contributed by atoms with Gasteiger partial charge in [0.2, 0.25) is 0 Å². The lowest BCUT2D eigenvalue weighted by Crippen LogP contribution is -2.39. The molecule has 0 aliphatic carbocycles. The number of nitrogens with zero attached hydrogens (tertiary/aromatic N) is 1. The number of aryl methyl sites for hydroxylation is 1. The van der Waals surface area contributed by atoms with Crippen molar-refractivity contribution in [1.82, 2.24) is 10.3 Å². The van der Waals surface area contributed by atoms with E-state index in [1.165, 1.54) is 0 Å². The Morgan fingerprint density at radius 1 is 1.44 bits per heavy atom. The first-order valence-corrected chi connectivity index (χ1v) is 7.02. The van der Waals surface area contributed by atoms with Gasteiger partial charge in [0, 0.05) is 12.7 Å². The second kappa shape index (κ2) is 4.51. The zero-order valence-electron chi connectivity index (χ0n) is 9.31. The second-order valence-electron chi connectivity index (χ2n) is 4.19.